The lowest BCUT2D eigenvalue weighted by atomic mass is 9.43. The number of hydrogen-bond acceptors (Lipinski definition) is 8. The van der Waals surface area contributed by atoms with E-state index in [0.717, 1.165) is 25.7 Å². The van der Waals surface area contributed by atoms with E-state index in [2.05, 4.69) is 25.0 Å². The van der Waals surface area contributed by atoms with E-state index in [-0.39, 0.29) is 27.9 Å². The van der Waals surface area contributed by atoms with E-state index in [4.69, 9.17) is 4.18 Å². The standard InChI is InChI=1S/C22H32O10S2/c1-20(2)7-5-8-21(3)14(20)6-9-22(4)15(21)10-12-16(22)17(24)19(32-34(28,29)30)13(11-23)18(12)31-33(25,26)27/h14-15,23-24H,5-11H2,1-4H3,(H,25,26,27)(H,28,29,30). The first-order chi connectivity index (χ1) is 15.4. The molecular weight excluding hydrogens is 488 g/mol. The molecule has 0 aromatic heterocycles. The van der Waals surface area contributed by atoms with Gasteiger partial charge in [0.15, 0.2) is 17.2 Å². The Kier molecular flexibility index (Phi) is 5.77. The molecule has 0 aliphatic heterocycles. The summed E-state index contributed by atoms with van der Waals surface area (Å²) in [5, 5.41) is 21.2. The zero-order valence-electron chi connectivity index (χ0n) is 19.7. The lowest BCUT2D eigenvalue weighted by Crippen LogP contribution is -2.55. The normalized spacial score (nSPS) is 32.4. The molecule has 1 aromatic carbocycles. The fraction of sp³-hybridized carbons (Fsp3) is 0.727. The van der Waals surface area contributed by atoms with Crippen LogP contribution in [-0.2, 0) is 39.2 Å². The quantitative estimate of drug-likeness (QED) is 0.423. The van der Waals surface area contributed by atoms with Crippen LogP contribution in [0.25, 0.3) is 0 Å². The molecule has 1 aromatic rings. The van der Waals surface area contributed by atoms with E-state index in [1.54, 1.807) is 0 Å². The molecule has 0 heterocycles. The summed E-state index contributed by atoms with van der Waals surface area (Å²) in [4.78, 5) is 0. The van der Waals surface area contributed by atoms with Gasteiger partial charge in [0.05, 0.1) is 12.2 Å². The molecule has 4 atom stereocenters. The van der Waals surface area contributed by atoms with E-state index in [0.29, 0.717) is 18.8 Å². The summed E-state index contributed by atoms with van der Waals surface area (Å²) in [6, 6.07) is 0. The van der Waals surface area contributed by atoms with Gasteiger partial charge in [0.25, 0.3) is 0 Å². The number of fused-ring (bicyclic) bond motifs is 5. The molecule has 0 radical (unpaired) electrons. The van der Waals surface area contributed by atoms with Gasteiger partial charge in [-0.2, -0.15) is 16.8 Å². The second kappa shape index (κ2) is 7.70. The average Bonchev–Trinajstić information content (AvgIpc) is 2.98. The number of rotatable bonds is 5. The molecular formula is C22H32O10S2. The zero-order chi connectivity index (χ0) is 25.5. The molecule has 10 nitrogen and oxygen atoms in total. The minimum atomic E-state index is -5.14. The Morgan fingerprint density at radius 2 is 1.50 bits per heavy atom. The summed E-state index contributed by atoms with van der Waals surface area (Å²) >= 11 is 0. The summed E-state index contributed by atoms with van der Waals surface area (Å²) in [5.74, 6) is -1.58. The van der Waals surface area contributed by atoms with Gasteiger partial charge in [0.1, 0.15) is 0 Å². The minimum Gasteiger partial charge on any atom is -0.504 e. The number of aliphatic hydroxyl groups is 1. The van der Waals surface area contributed by atoms with Crippen LogP contribution in [0.2, 0.25) is 0 Å². The number of hydrogen-bond donors (Lipinski definition) is 4. The highest BCUT2D eigenvalue weighted by molar-refractivity contribution is 7.81. The molecule has 0 spiro atoms. The maximum absolute atomic E-state index is 11.7. The van der Waals surface area contributed by atoms with Crippen molar-refractivity contribution in [3.05, 3.63) is 16.7 Å². The van der Waals surface area contributed by atoms with Gasteiger partial charge in [-0.25, -0.2) is 0 Å². The molecule has 0 saturated heterocycles. The summed E-state index contributed by atoms with van der Waals surface area (Å²) < 4.78 is 74.6. The second-order valence-corrected chi connectivity index (χ2v) is 13.2. The van der Waals surface area contributed by atoms with Crippen molar-refractivity contribution in [2.75, 3.05) is 0 Å². The molecule has 4 rings (SSSR count). The van der Waals surface area contributed by atoms with Gasteiger partial charge >= 0.3 is 20.8 Å². The number of aromatic hydroxyl groups is 1. The first kappa shape index (κ1) is 25.5. The molecule has 12 heteroatoms. The van der Waals surface area contributed by atoms with Crippen molar-refractivity contribution in [3.8, 4) is 17.2 Å². The van der Waals surface area contributed by atoms with E-state index < -0.39 is 55.6 Å². The van der Waals surface area contributed by atoms with Crippen LogP contribution in [-0.4, -0.2) is 36.2 Å². The minimum absolute atomic E-state index is 0.0597. The first-order valence-electron chi connectivity index (χ1n) is 11.3. The summed E-state index contributed by atoms with van der Waals surface area (Å²) in [6.45, 7) is 7.69. The van der Waals surface area contributed by atoms with E-state index in [1.807, 2.05) is 6.92 Å². The lowest BCUT2D eigenvalue weighted by Gasteiger charge is -2.61. The number of benzene rings is 1. The monoisotopic (exact) mass is 520 g/mol. The Hall–Kier alpha value is -1.60. The number of phenols is 1. The summed E-state index contributed by atoms with van der Waals surface area (Å²) in [6.07, 6.45) is 4.82. The average molecular weight is 521 g/mol. The third-order valence-electron chi connectivity index (χ3n) is 8.88. The molecule has 4 N–H and O–H groups in total. The van der Waals surface area contributed by atoms with Crippen LogP contribution in [0.4, 0.5) is 0 Å². The highest BCUT2D eigenvalue weighted by Crippen LogP contribution is 2.70. The van der Waals surface area contributed by atoms with Crippen LogP contribution in [0.15, 0.2) is 0 Å². The molecule has 192 valence electrons. The topological polar surface area (TPSA) is 168 Å². The Labute approximate surface area is 200 Å². The Morgan fingerprint density at radius 1 is 0.912 bits per heavy atom. The van der Waals surface area contributed by atoms with Gasteiger partial charge < -0.3 is 18.6 Å². The van der Waals surface area contributed by atoms with Crippen molar-refractivity contribution >= 4 is 20.8 Å². The van der Waals surface area contributed by atoms with Crippen LogP contribution in [0.3, 0.4) is 0 Å². The van der Waals surface area contributed by atoms with Crippen molar-refractivity contribution in [3.63, 3.8) is 0 Å². The molecule has 0 bridgehead atoms. The fourth-order valence-electron chi connectivity index (χ4n) is 7.76. The molecule has 34 heavy (non-hydrogen) atoms. The second-order valence-electron chi connectivity index (χ2n) is 11.1. The van der Waals surface area contributed by atoms with Crippen molar-refractivity contribution < 1.29 is 44.5 Å². The zero-order valence-corrected chi connectivity index (χ0v) is 21.3. The fourth-order valence-corrected chi connectivity index (χ4v) is 8.57. The Balaban J connectivity index is 1.99. The van der Waals surface area contributed by atoms with Crippen LogP contribution in [0.5, 0.6) is 17.2 Å². The highest BCUT2D eigenvalue weighted by atomic mass is 32.3. The SMILES string of the molecule is CC1(C)CCCC2(C)C1CCC1(C)c3c(O)c(OS(=O)(=O)O)c(CO)c(OS(=O)(=O)O)c3CC12. The Bertz CT molecular complexity index is 1240. The third kappa shape index (κ3) is 3.87. The maximum Gasteiger partial charge on any atom is 0.446 e. The van der Waals surface area contributed by atoms with Crippen LogP contribution in [0, 0.1) is 22.7 Å². The largest absolute Gasteiger partial charge is 0.504 e. The Morgan fingerprint density at radius 3 is 2.06 bits per heavy atom. The molecule has 3 aliphatic carbocycles. The number of phenolic OH excluding ortho intramolecular Hbond substituents is 1. The van der Waals surface area contributed by atoms with Gasteiger partial charge in [-0.1, -0.05) is 34.1 Å². The smallest absolute Gasteiger partial charge is 0.446 e. The van der Waals surface area contributed by atoms with E-state index in [9.17, 15) is 36.2 Å². The van der Waals surface area contributed by atoms with Gasteiger partial charge in [-0.3, -0.25) is 9.11 Å². The predicted molar refractivity (Wildman–Crippen MR) is 121 cm³/mol. The van der Waals surface area contributed by atoms with Crippen LogP contribution in [0.1, 0.15) is 76.5 Å². The van der Waals surface area contributed by atoms with Crippen molar-refractivity contribution in [2.45, 2.75) is 78.2 Å². The number of aliphatic hydroxyl groups excluding tert-OH is 1. The maximum atomic E-state index is 11.7. The van der Waals surface area contributed by atoms with Crippen molar-refractivity contribution in [1.29, 1.82) is 0 Å². The highest BCUT2D eigenvalue weighted by Gasteiger charge is 2.62. The van der Waals surface area contributed by atoms with Crippen molar-refractivity contribution in [1.82, 2.24) is 0 Å². The van der Waals surface area contributed by atoms with Crippen LogP contribution >= 0.6 is 0 Å². The van der Waals surface area contributed by atoms with Crippen molar-refractivity contribution in [2.24, 2.45) is 22.7 Å². The van der Waals surface area contributed by atoms with Crippen LogP contribution < -0.4 is 8.37 Å². The molecule has 0 amide bonds. The van der Waals surface area contributed by atoms with E-state index >= 15 is 0 Å². The molecule has 2 saturated carbocycles. The van der Waals surface area contributed by atoms with Gasteiger partial charge in [-0.15, -0.1) is 0 Å². The van der Waals surface area contributed by atoms with E-state index in [1.165, 1.54) is 0 Å². The van der Waals surface area contributed by atoms with Gasteiger partial charge in [-0.05, 0) is 54.8 Å². The molecule has 3 aliphatic rings. The third-order valence-corrected chi connectivity index (χ3v) is 9.64. The molecule has 4 unspecified atom stereocenters. The van der Waals surface area contributed by atoms with Gasteiger partial charge in [0, 0.05) is 16.5 Å². The summed E-state index contributed by atoms with van der Waals surface area (Å²) in [7, 11) is -10.2. The van der Waals surface area contributed by atoms with Gasteiger partial charge in [0.2, 0.25) is 0 Å². The molecule has 2 fully saturated rings. The summed E-state index contributed by atoms with van der Waals surface area (Å²) in [5.41, 5.74) is -0.733. The predicted octanol–water partition coefficient (Wildman–Crippen LogP) is 3.30. The first-order valence-corrected chi connectivity index (χ1v) is 14.0. The lowest BCUT2D eigenvalue weighted by molar-refractivity contribution is -0.0985.